The normalized spacial score (nSPS) is 35.6. The molecule has 0 bridgehead atoms. The molecule has 0 aromatic carbocycles. The smallest absolute Gasteiger partial charge is 0.318 e. The average Bonchev–Trinajstić information content (AvgIpc) is 2.21. The Labute approximate surface area is 62.5 Å². The SMILES string of the molecule is O=C1N[C@@H]2NC(=S)N[C@@H]2N1. The minimum atomic E-state index is -0.169. The fourth-order valence-electron chi connectivity index (χ4n) is 1.05. The number of fused-ring (bicyclic) bond motifs is 1. The van der Waals surface area contributed by atoms with E-state index in [1.165, 1.54) is 0 Å². The van der Waals surface area contributed by atoms with E-state index in [1.807, 2.05) is 0 Å². The van der Waals surface area contributed by atoms with Gasteiger partial charge in [0.25, 0.3) is 0 Å². The Morgan fingerprint density at radius 1 is 1.10 bits per heavy atom. The molecule has 2 heterocycles. The Morgan fingerprint density at radius 3 is 2.10 bits per heavy atom. The number of hydrogen-bond donors (Lipinski definition) is 4. The summed E-state index contributed by atoms with van der Waals surface area (Å²) in [7, 11) is 0. The molecule has 0 radical (unpaired) electrons. The van der Waals surface area contributed by atoms with Crippen LogP contribution in [0.15, 0.2) is 0 Å². The minimum absolute atomic E-state index is 0.0833. The molecule has 5 nitrogen and oxygen atoms in total. The number of nitrogens with one attached hydrogen (secondary N) is 4. The number of carbonyl (C=O) groups excluding carboxylic acids is 1. The molecule has 2 aliphatic rings. The van der Waals surface area contributed by atoms with E-state index in [-0.39, 0.29) is 18.4 Å². The predicted octanol–water partition coefficient (Wildman–Crippen LogP) is -1.57. The molecule has 0 aromatic rings. The second-order valence-electron chi connectivity index (χ2n) is 2.19. The van der Waals surface area contributed by atoms with Gasteiger partial charge in [0.2, 0.25) is 0 Å². The third-order valence-corrected chi connectivity index (χ3v) is 1.72. The monoisotopic (exact) mass is 158 g/mol. The maximum absolute atomic E-state index is 10.6. The summed E-state index contributed by atoms with van der Waals surface area (Å²) >= 11 is 4.80. The molecule has 2 fully saturated rings. The van der Waals surface area contributed by atoms with E-state index in [0.717, 1.165) is 0 Å². The summed E-state index contributed by atoms with van der Waals surface area (Å²) in [5.41, 5.74) is 0. The summed E-state index contributed by atoms with van der Waals surface area (Å²) in [4.78, 5) is 10.6. The molecule has 2 aliphatic heterocycles. The highest BCUT2D eigenvalue weighted by Crippen LogP contribution is 2.00. The van der Waals surface area contributed by atoms with Gasteiger partial charge in [-0.1, -0.05) is 0 Å². The molecule has 0 saturated carbocycles. The van der Waals surface area contributed by atoms with E-state index in [2.05, 4.69) is 21.3 Å². The van der Waals surface area contributed by atoms with Gasteiger partial charge in [0, 0.05) is 0 Å². The Kier molecular flexibility index (Phi) is 0.986. The lowest BCUT2D eigenvalue weighted by molar-refractivity contribution is 0.246. The predicted molar refractivity (Wildman–Crippen MR) is 38.1 cm³/mol. The summed E-state index contributed by atoms with van der Waals surface area (Å²) in [6.07, 6.45) is -0.167. The van der Waals surface area contributed by atoms with Crippen LogP contribution >= 0.6 is 12.2 Å². The molecule has 0 spiro atoms. The van der Waals surface area contributed by atoms with E-state index in [4.69, 9.17) is 12.2 Å². The van der Waals surface area contributed by atoms with Gasteiger partial charge >= 0.3 is 6.03 Å². The Hall–Kier alpha value is -1.04. The van der Waals surface area contributed by atoms with E-state index >= 15 is 0 Å². The number of carbonyl (C=O) groups is 1. The first kappa shape index (κ1) is 5.72. The van der Waals surface area contributed by atoms with Crippen LogP contribution in [0, 0.1) is 0 Å². The van der Waals surface area contributed by atoms with Gasteiger partial charge in [0.1, 0.15) is 12.3 Å². The Bertz CT molecular complexity index is 167. The maximum Gasteiger partial charge on any atom is 0.318 e. The van der Waals surface area contributed by atoms with Gasteiger partial charge in [0.15, 0.2) is 5.11 Å². The summed E-state index contributed by atoms with van der Waals surface area (Å²) in [6, 6.07) is -0.169. The summed E-state index contributed by atoms with van der Waals surface area (Å²) < 4.78 is 0. The van der Waals surface area contributed by atoms with E-state index in [9.17, 15) is 4.79 Å². The first-order valence-corrected chi connectivity index (χ1v) is 3.30. The maximum atomic E-state index is 10.6. The van der Waals surface area contributed by atoms with Gasteiger partial charge in [-0.15, -0.1) is 0 Å². The molecule has 54 valence electrons. The van der Waals surface area contributed by atoms with Crippen LogP contribution in [-0.2, 0) is 0 Å². The molecular weight excluding hydrogens is 152 g/mol. The van der Waals surface area contributed by atoms with Gasteiger partial charge < -0.3 is 21.3 Å². The number of urea groups is 1. The van der Waals surface area contributed by atoms with Crippen molar-refractivity contribution in [3.8, 4) is 0 Å². The molecule has 10 heavy (non-hydrogen) atoms. The lowest BCUT2D eigenvalue weighted by atomic mass is 10.4. The van der Waals surface area contributed by atoms with Crippen molar-refractivity contribution in [1.82, 2.24) is 21.3 Å². The van der Waals surface area contributed by atoms with Crippen LogP contribution in [0.3, 0.4) is 0 Å². The first-order valence-electron chi connectivity index (χ1n) is 2.90. The zero-order valence-electron chi connectivity index (χ0n) is 4.97. The van der Waals surface area contributed by atoms with Crippen LogP contribution in [0.5, 0.6) is 0 Å². The van der Waals surface area contributed by atoms with E-state index < -0.39 is 0 Å². The molecule has 2 rings (SSSR count). The van der Waals surface area contributed by atoms with Crippen LogP contribution in [0.4, 0.5) is 4.79 Å². The van der Waals surface area contributed by atoms with E-state index in [1.54, 1.807) is 0 Å². The molecule has 2 saturated heterocycles. The molecule has 4 N–H and O–H groups in total. The zero-order chi connectivity index (χ0) is 7.14. The lowest BCUT2D eigenvalue weighted by Gasteiger charge is -2.03. The van der Waals surface area contributed by atoms with Crippen molar-refractivity contribution < 1.29 is 4.79 Å². The summed E-state index contributed by atoms with van der Waals surface area (Å²) in [5, 5.41) is 11.6. The fraction of sp³-hybridized carbons (Fsp3) is 0.500. The third-order valence-electron chi connectivity index (χ3n) is 1.48. The van der Waals surface area contributed by atoms with Crippen molar-refractivity contribution in [2.24, 2.45) is 0 Å². The highest BCUT2D eigenvalue weighted by Gasteiger charge is 2.37. The van der Waals surface area contributed by atoms with Crippen molar-refractivity contribution in [2.45, 2.75) is 12.3 Å². The largest absolute Gasteiger partial charge is 0.339 e. The van der Waals surface area contributed by atoms with Gasteiger partial charge in [-0.25, -0.2) is 4.79 Å². The number of amides is 2. The highest BCUT2D eigenvalue weighted by atomic mass is 32.1. The Balaban J connectivity index is 2.12. The fourth-order valence-corrected chi connectivity index (χ4v) is 1.31. The summed E-state index contributed by atoms with van der Waals surface area (Å²) in [6.45, 7) is 0. The number of rotatable bonds is 0. The second-order valence-corrected chi connectivity index (χ2v) is 2.60. The quantitative estimate of drug-likeness (QED) is 0.322. The van der Waals surface area contributed by atoms with Crippen LogP contribution < -0.4 is 21.3 Å². The van der Waals surface area contributed by atoms with Crippen LogP contribution in [-0.4, -0.2) is 23.5 Å². The topological polar surface area (TPSA) is 65.2 Å². The van der Waals surface area contributed by atoms with Crippen molar-refractivity contribution in [3.05, 3.63) is 0 Å². The van der Waals surface area contributed by atoms with Crippen LogP contribution in [0.1, 0.15) is 0 Å². The van der Waals surface area contributed by atoms with Gasteiger partial charge in [0.05, 0.1) is 0 Å². The van der Waals surface area contributed by atoms with E-state index in [0.29, 0.717) is 5.11 Å². The van der Waals surface area contributed by atoms with Crippen molar-refractivity contribution in [3.63, 3.8) is 0 Å². The molecule has 0 unspecified atom stereocenters. The molecular formula is C4H6N4OS. The second kappa shape index (κ2) is 1.72. The standard InChI is InChI=1S/C4H6N4OS/c9-3-5-1-2(6-3)8-4(10)7-1/h1-2H,(H2,5,6,9)(H2,7,8,10)/t1-,2+. The molecule has 6 heteroatoms. The zero-order valence-corrected chi connectivity index (χ0v) is 5.79. The lowest BCUT2D eigenvalue weighted by Crippen LogP contribution is -2.39. The molecule has 0 aromatic heterocycles. The summed E-state index contributed by atoms with van der Waals surface area (Å²) in [5.74, 6) is 0. The van der Waals surface area contributed by atoms with Crippen molar-refractivity contribution >= 4 is 23.4 Å². The molecule has 0 aliphatic carbocycles. The Morgan fingerprint density at radius 2 is 1.60 bits per heavy atom. The average molecular weight is 158 g/mol. The minimum Gasteiger partial charge on any atom is -0.339 e. The number of thiocarbonyl (C=S) groups is 1. The highest BCUT2D eigenvalue weighted by molar-refractivity contribution is 7.80. The van der Waals surface area contributed by atoms with Gasteiger partial charge in [-0.2, -0.15) is 0 Å². The van der Waals surface area contributed by atoms with Crippen LogP contribution in [0.2, 0.25) is 0 Å². The third kappa shape index (κ3) is 0.688. The number of hydrogen-bond acceptors (Lipinski definition) is 2. The van der Waals surface area contributed by atoms with Crippen molar-refractivity contribution in [1.29, 1.82) is 0 Å². The van der Waals surface area contributed by atoms with Gasteiger partial charge in [-0.3, -0.25) is 0 Å². The van der Waals surface area contributed by atoms with Crippen LogP contribution in [0.25, 0.3) is 0 Å². The molecule has 2 atom stereocenters. The van der Waals surface area contributed by atoms with Crippen molar-refractivity contribution in [2.75, 3.05) is 0 Å². The first-order chi connectivity index (χ1) is 4.75. The molecule has 2 amide bonds. The van der Waals surface area contributed by atoms with Gasteiger partial charge in [-0.05, 0) is 12.2 Å².